The van der Waals surface area contributed by atoms with Crippen LogP contribution in [0.25, 0.3) is 5.82 Å². The first kappa shape index (κ1) is 18.0. The zero-order valence-corrected chi connectivity index (χ0v) is 17.4. The van der Waals surface area contributed by atoms with Gasteiger partial charge >= 0.3 is 0 Å². The molecule has 0 aliphatic carbocycles. The first-order chi connectivity index (χ1) is 15.3. The zero-order valence-electron chi connectivity index (χ0n) is 16.6. The molecular weight excluding hydrogens is 398 g/mol. The molecule has 0 radical (unpaired) electrons. The van der Waals surface area contributed by atoms with Crippen LogP contribution in [0.1, 0.15) is 11.1 Å². The number of rotatable bonds is 2. The van der Waals surface area contributed by atoms with E-state index in [9.17, 15) is 0 Å². The third-order valence-electron chi connectivity index (χ3n) is 5.30. The number of para-hydroxylation sites is 1. The summed E-state index contributed by atoms with van der Waals surface area (Å²) in [5.74, 6) is 0.736. The van der Waals surface area contributed by atoms with Crippen molar-refractivity contribution >= 4 is 34.7 Å². The third kappa shape index (κ3) is 3.31. The Morgan fingerprint density at radius 3 is 1.81 bits per heavy atom. The normalized spacial score (nSPS) is 14.3. The fraction of sp³-hybridized carbons (Fsp3) is 0. The monoisotopic (exact) mass is 415 g/mol. The highest BCUT2D eigenvalue weighted by molar-refractivity contribution is 7.99. The Morgan fingerprint density at radius 1 is 0.516 bits per heavy atom. The van der Waals surface area contributed by atoms with Crippen molar-refractivity contribution in [3.63, 3.8) is 0 Å². The highest BCUT2D eigenvalue weighted by Gasteiger charge is 2.21. The van der Waals surface area contributed by atoms with Gasteiger partial charge in [-0.3, -0.25) is 0 Å². The van der Waals surface area contributed by atoms with Crippen molar-refractivity contribution in [2.24, 2.45) is 15.0 Å². The van der Waals surface area contributed by atoms with Crippen LogP contribution in [0.5, 0.6) is 0 Å². The molecule has 0 aromatic heterocycles. The summed E-state index contributed by atoms with van der Waals surface area (Å²) in [5.41, 5.74) is 4.96. The SMILES string of the molecule is c1ccc(C2=NC(=c3ccc4c(c3)Sc3ccccc3N=4)N=C2c2ccccc2)cc1. The quantitative estimate of drug-likeness (QED) is 0.392. The summed E-state index contributed by atoms with van der Waals surface area (Å²) in [5, 5.41) is 1.99. The lowest BCUT2D eigenvalue weighted by atomic mass is 10.0. The van der Waals surface area contributed by atoms with E-state index in [-0.39, 0.29) is 0 Å². The molecule has 0 amide bonds. The van der Waals surface area contributed by atoms with Crippen LogP contribution in [0.4, 0.5) is 5.69 Å². The van der Waals surface area contributed by atoms with E-state index in [0.717, 1.165) is 49.5 Å². The van der Waals surface area contributed by atoms with Gasteiger partial charge in [-0.25, -0.2) is 15.0 Å². The fourth-order valence-corrected chi connectivity index (χ4v) is 4.78. The minimum absolute atomic E-state index is 0.736. The van der Waals surface area contributed by atoms with Gasteiger partial charge in [-0.15, -0.1) is 0 Å². The average molecular weight is 416 g/mol. The van der Waals surface area contributed by atoms with E-state index in [0.29, 0.717) is 0 Å². The number of nitrogens with zero attached hydrogens (tertiary/aromatic N) is 3. The largest absolute Gasteiger partial charge is 0.247 e. The van der Waals surface area contributed by atoms with Gasteiger partial charge in [0.05, 0.1) is 22.5 Å². The molecule has 0 N–H and O–H groups in total. The van der Waals surface area contributed by atoms with E-state index < -0.39 is 0 Å². The smallest absolute Gasteiger partial charge is 0.160 e. The molecule has 4 aromatic carbocycles. The summed E-state index contributed by atoms with van der Waals surface area (Å²) in [6, 6.07) is 35.0. The molecule has 0 saturated carbocycles. The highest BCUT2D eigenvalue weighted by Crippen LogP contribution is 2.35. The van der Waals surface area contributed by atoms with Gasteiger partial charge in [-0.1, -0.05) is 84.6 Å². The van der Waals surface area contributed by atoms with Crippen LogP contribution in [-0.2, 0) is 0 Å². The van der Waals surface area contributed by atoms with Crippen molar-refractivity contribution in [3.05, 3.63) is 125 Å². The number of benzene rings is 4. The van der Waals surface area contributed by atoms with Crippen LogP contribution < -0.4 is 10.6 Å². The van der Waals surface area contributed by atoms with Crippen LogP contribution in [-0.4, -0.2) is 11.4 Å². The van der Waals surface area contributed by atoms with Gasteiger partial charge in [0.15, 0.2) is 5.82 Å². The fourth-order valence-electron chi connectivity index (χ4n) is 3.78. The van der Waals surface area contributed by atoms with E-state index in [1.165, 1.54) is 4.90 Å². The summed E-state index contributed by atoms with van der Waals surface area (Å²) >= 11 is 1.75. The number of fused-ring (bicyclic) bond motifs is 2. The van der Waals surface area contributed by atoms with Gasteiger partial charge in [-0.05, 0) is 30.3 Å². The first-order valence-corrected chi connectivity index (χ1v) is 11.0. The standard InChI is InChI=1S/C27H17N3S/c1-3-9-18(10-4-1)25-26(19-11-5-2-6-12-19)30-27(29-25)20-15-16-22-24(17-20)31-23-14-8-7-13-21(23)28-22/h1-17H. The van der Waals surface area contributed by atoms with E-state index in [1.807, 2.05) is 42.5 Å². The molecule has 31 heavy (non-hydrogen) atoms. The maximum Gasteiger partial charge on any atom is 0.160 e. The summed E-state index contributed by atoms with van der Waals surface area (Å²) in [4.78, 5) is 17.0. The average Bonchev–Trinajstić information content (AvgIpc) is 3.29. The predicted octanol–water partition coefficient (Wildman–Crippen LogP) is 5.16. The molecule has 0 bridgehead atoms. The molecule has 2 aliphatic heterocycles. The Kier molecular flexibility index (Phi) is 4.36. The summed E-state index contributed by atoms with van der Waals surface area (Å²) in [6.45, 7) is 0. The van der Waals surface area contributed by atoms with Gasteiger partial charge in [-0.2, -0.15) is 0 Å². The number of hydrogen-bond acceptors (Lipinski definition) is 4. The third-order valence-corrected chi connectivity index (χ3v) is 6.41. The van der Waals surface area contributed by atoms with Crippen LogP contribution in [0.2, 0.25) is 0 Å². The van der Waals surface area contributed by atoms with Crippen LogP contribution in [0.3, 0.4) is 0 Å². The second-order valence-electron chi connectivity index (χ2n) is 7.34. The lowest BCUT2D eigenvalue weighted by Crippen LogP contribution is -2.14. The maximum absolute atomic E-state index is 4.97. The molecule has 4 aromatic rings. The number of hydrogen-bond donors (Lipinski definition) is 0. The van der Waals surface area contributed by atoms with Crippen molar-refractivity contribution in [1.82, 2.24) is 0 Å². The summed E-state index contributed by atoms with van der Waals surface area (Å²) < 4.78 is 0. The van der Waals surface area contributed by atoms with Gasteiger partial charge in [0.2, 0.25) is 0 Å². The molecule has 0 saturated heterocycles. The molecule has 4 heteroatoms. The Morgan fingerprint density at radius 2 is 1.13 bits per heavy atom. The minimum atomic E-state index is 0.736. The molecule has 0 atom stereocenters. The van der Waals surface area contributed by atoms with Gasteiger partial charge in [0.1, 0.15) is 0 Å². The van der Waals surface area contributed by atoms with E-state index in [4.69, 9.17) is 15.0 Å². The Balaban J connectivity index is 1.54. The van der Waals surface area contributed by atoms with E-state index in [1.54, 1.807) is 11.8 Å². The molecular formula is C27H17N3S. The zero-order chi connectivity index (χ0) is 20.6. The summed E-state index contributed by atoms with van der Waals surface area (Å²) in [7, 11) is 0. The minimum Gasteiger partial charge on any atom is -0.247 e. The first-order valence-electron chi connectivity index (χ1n) is 10.1. The van der Waals surface area contributed by atoms with Crippen molar-refractivity contribution in [2.75, 3.05) is 0 Å². The summed E-state index contributed by atoms with van der Waals surface area (Å²) in [6.07, 6.45) is 0. The van der Waals surface area contributed by atoms with E-state index >= 15 is 0 Å². The molecule has 146 valence electrons. The molecule has 6 rings (SSSR count). The second kappa shape index (κ2) is 7.49. The molecule has 3 nitrogen and oxygen atoms in total. The molecule has 2 heterocycles. The van der Waals surface area contributed by atoms with Crippen molar-refractivity contribution in [3.8, 4) is 0 Å². The Labute approximate surface area is 184 Å². The van der Waals surface area contributed by atoms with E-state index in [2.05, 4.69) is 60.7 Å². The molecule has 0 fully saturated rings. The van der Waals surface area contributed by atoms with Crippen molar-refractivity contribution < 1.29 is 0 Å². The van der Waals surface area contributed by atoms with Crippen molar-refractivity contribution in [1.29, 1.82) is 0 Å². The van der Waals surface area contributed by atoms with Crippen LogP contribution in [0, 0.1) is 0 Å². The van der Waals surface area contributed by atoms with Crippen LogP contribution in [0.15, 0.2) is 128 Å². The Bertz CT molecular complexity index is 1430. The van der Waals surface area contributed by atoms with Gasteiger partial charge in [0.25, 0.3) is 0 Å². The van der Waals surface area contributed by atoms with Gasteiger partial charge < -0.3 is 0 Å². The lowest BCUT2D eigenvalue weighted by Gasteiger charge is -2.11. The Hall–Kier alpha value is -3.76. The predicted molar refractivity (Wildman–Crippen MR) is 127 cm³/mol. The lowest BCUT2D eigenvalue weighted by molar-refractivity contribution is 1.16. The highest BCUT2D eigenvalue weighted by atomic mass is 32.2. The molecule has 2 aliphatic rings. The van der Waals surface area contributed by atoms with Crippen molar-refractivity contribution in [2.45, 2.75) is 9.79 Å². The number of aliphatic imine (C=N–C) groups is 2. The second-order valence-corrected chi connectivity index (χ2v) is 8.42. The molecule has 0 spiro atoms. The molecule has 0 unspecified atom stereocenters. The van der Waals surface area contributed by atoms with Gasteiger partial charge in [0, 0.05) is 26.1 Å². The van der Waals surface area contributed by atoms with Crippen LogP contribution >= 0.6 is 11.8 Å². The topological polar surface area (TPSA) is 37.1 Å². The maximum atomic E-state index is 4.97.